The van der Waals surface area contributed by atoms with Crippen LogP contribution in [0.1, 0.15) is 28.8 Å². The molecule has 2 aromatic rings. The molecule has 28 heavy (non-hydrogen) atoms. The van der Waals surface area contributed by atoms with Crippen LogP contribution >= 0.6 is 35.6 Å². The van der Waals surface area contributed by atoms with E-state index in [2.05, 4.69) is 4.90 Å². The highest BCUT2D eigenvalue weighted by molar-refractivity contribution is 8.22. The fourth-order valence-electron chi connectivity index (χ4n) is 2.84. The summed E-state index contributed by atoms with van der Waals surface area (Å²) in [7, 11) is 0. The lowest BCUT2D eigenvalue weighted by molar-refractivity contribution is 0.104. The lowest BCUT2D eigenvalue weighted by Crippen LogP contribution is -2.24. The summed E-state index contributed by atoms with van der Waals surface area (Å²) in [6.45, 7) is 2.74. The number of likely N-dealkylation sites (tertiary alicyclic amines) is 1. The molecule has 0 N–H and O–H groups in total. The minimum absolute atomic E-state index is 0.0481. The zero-order valence-corrected chi connectivity index (χ0v) is 17.9. The van der Waals surface area contributed by atoms with Gasteiger partial charge < -0.3 is 9.64 Å². The number of carbonyl (C=O) groups is 1. The topological polar surface area (TPSA) is 29.5 Å². The largest absolute Gasteiger partial charge is 0.493 e. The van der Waals surface area contributed by atoms with Crippen LogP contribution in [-0.2, 0) is 0 Å². The molecule has 0 spiro atoms. The van der Waals surface area contributed by atoms with Crippen LogP contribution in [0.2, 0.25) is 5.02 Å². The van der Waals surface area contributed by atoms with Crippen molar-refractivity contribution in [2.75, 3.05) is 25.4 Å². The number of allylic oxidation sites excluding steroid dienone is 1. The highest BCUT2D eigenvalue weighted by atomic mass is 35.5. The van der Waals surface area contributed by atoms with Crippen LogP contribution in [0.15, 0.2) is 54.6 Å². The standard InChI is InChI=1S/C22H22ClNO2S2/c23-19-8-3-17(4-9-19)5-12-21(25)18-6-10-20(11-7-18)26-15-16-28-22(27)24-13-1-2-14-24/h3-12H,1-2,13-16H2/b12-5+. The van der Waals surface area contributed by atoms with Gasteiger partial charge in [-0.05, 0) is 60.9 Å². The minimum Gasteiger partial charge on any atom is -0.493 e. The third-order valence-electron chi connectivity index (χ3n) is 4.38. The number of rotatable bonds is 7. The number of halogens is 1. The fourth-order valence-corrected chi connectivity index (χ4v) is 4.10. The Morgan fingerprint density at radius 2 is 1.79 bits per heavy atom. The first-order chi connectivity index (χ1) is 13.6. The van der Waals surface area contributed by atoms with Crippen molar-refractivity contribution in [1.29, 1.82) is 0 Å². The van der Waals surface area contributed by atoms with E-state index in [0.717, 1.165) is 34.5 Å². The summed E-state index contributed by atoms with van der Waals surface area (Å²) in [5, 5.41) is 0.676. The zero-order valence-electron chi connectivity index (χ0n) is 15.5. The molecule has 3 rings (SSSR count). The number of thiocarbonyl (C=S) groups is 1. The van der Waals surface area contributed by atoms with Gasteiger partial charge in [0.1, 0.15) is 10.1 Å². The third kappa shape index (κ3) is 6.36. The number of ether oxygens (including phenoxy) is 1. The maximum atomic E-state index is 12.3. The van der Waals surface area contributed by atoms with E-state index in [-0.39, 0.29) is 5.78 Å². The average molecular weight is 432 g/mol. The van der Waals surface area contributed by atoms with Crippen molar-refractivity contribution in [1.82, 2.24) is 4.90 Å². The van der Waals surface area contributed by atoms with Gasteiger partial charge in [0.2, 0.25) is 0 Å². The Morgan fingerprint density at radius 1 is 1.11 bits per heavy atom. The predicted molar refractivity (Wildman–Crippen MR) is 123 cm³/mol. The number of carbonyl (C=O) groups excluding carboxylic acids is 1. The van der Waals surface area contributed by atoms with Gasteiger partial charge in [0.15, 0.2) is 5.78 Å². The van der Waals surface area contributed by atoms with Crippen molar-refractivity contribution >= 4 is 51.8 Å². The van der Waals surface area contributed by atoms with Crippen LogP contribution in [-0.4, -0.2) is 40.5 Å². The van der Waals surface area contributed by atoms with Gasteiger partial charge >= 0.3 is 0 Å². The number of hydrogen-bond acceptors (Lipinski definition) is 4. The van der Waals surface area contributed by atoms with Crippen molar-refractivity contribution in [2.24, 2.45) is 0 Å². The SMILES string of the molecule is O=C(/C=C/c1ccc(Cl)cc1)c1ccc(OCCSC(=S)N2CCCC2)cc1. The van der Waals surface area contributed by atoms with Crippen molar-refractivity contribution in [3.63, 3.8) is 0 Å². The van der Waals surface area contributed by atoms with E-state index in [4.69, 9.17) is 28.6 Å². The van der Waals surface area contributed by atoms with Crippen LogP contribution in [0.4, 0.5) is 0 Å². The molecule has 0 bridgehead atoms. The minimum atomic E-state index is -0.0481. The Kier molecular flexibility index (Phi) is 7.95. The highest BCUT2D eigenvalue weighted by Crippen LogP contribution is 2.18. The van der Waals surface area contributed by atoms with Crippen LogP contribution < -0.4 is 4.74 Å². The van der Waals surface area contributed by atoms with Crippen LogP contribution in [0.25, 0.3) is 6.08 Å². The second-order valence-electron chi connectivity index (χ2n) is 6.43. The van der Waals surface area contributed by atoms with Gasteiger partial charge in [-0.15, -0.1) is 0 Å². The average Bonchev–Trinajstić information content (AvgIpc) is 3.26. The zero-order chi connectivity index (χ0) is 19.8. The van der Waals surface area contributed by atoms with E-state index in [1.54, 1.807) is 48.2 Å². The fraction of sp³-hybridized carbons (Fsp3) is 0.273. The molecule has 1 aliphatic rings. The second-order valence-corrected chi connectivity index (χ2v) is 8.60. The summed E-state index contributed by atoms with van der Waals surface area (Å²) in [6.07, 6.45) is 5.81. The van der Waals surface area contributed by atoms with Gasteiger partial charge in [-0.1, -0.05) is 53.8 Å². The van der Waals surface area contributed by atoms with Crippen LogP contribution in [0.3, 0.4) is 0 Å². The quantitative estimate of drug-likeness (QED) is 0.242. The van der Waals surface area contributed by atoms with E-state index in [1.807, 2.05) is 24.3 Å². The van der Waals surface area contributed by atoms with E-state index >= 15 is 0 Å². The molecule has 0 radical (unpaired) electrons. The smallest absolute Gasteiger partial charge is 0.185 e. The van der Waals surface area contributed by atoms with Crippen molar-refractivity contribution in [3.8, 4) is 5.75 Å². The van der Waals surface area contributed by atoms with Gasteiger partial charge in [0.05, 0.1) is 6.61 Å². The third-order valence-corrected chi connectivity index (χ3v) is 6.12. The molecule has 146 valence electrons. The van der Waals surface area contributed by atoms with Crippen LogP contribution in [0, 0.1) is 0 Å². The summed E-state index contributed by atoms with van der Waals surface area (Å²) in [5.41, 5.74) is 1.56. The summed E-state index contributed by atoms with van der Waals surface area (Å²) >= 11 is 13.0. The number of hydrogen-bond donors (Lipinski definition) is 0. The Labute approximate surface area is 180 Å². The van der Waals surface area contributed by atoms with Gasteiger partial charge in [-0.25, -0.2) is 0 Å². The second kappa shape index (κ2) is 10.6. The first-order valence-electron chi connectivity index (χ1n) is 9.24. The lowest BCUT2D eigenvalue weighted by Gasteiger charge is -2.17. The lowest BCUT2D eigenvalue weighted by atomic mass is 10.1. The maximum absolute atomic E-state index is 12.3. The molecular weight excluding hydrogens is 410 g/mol. The maximum Gasteiger partial charge on any atom is 0.185 e. The molecule has 3 nitrogen and oxygen atoms in total. The first kappa shape index (κ1) is 20.9. The molecule has 0 aliphatic carbocycles. The predicted octanol–water partition coefficient (Wildman–Crippen LogP) is 5.73. The van der Waals surface area contributed by atoms with E-state index < -0.39 is 0 Å². The Bertz CT molecular complexity index is 829. The molecule has 6 heteroatoms. The summed E-state index contributed by atoms with van der Waals surface area (Å²) in [5.74, 6) is 1.53. The van der Waals surface area contributed by atoms with E-state index in [9.17, 15) is 4.79 Å². The Hall–Kier alpha value is -1.82. The van der Waals surface area contributed by atoms with E-state index in [1.165, 1.54) is 12.8 Å². The molecule has 0 aromatic heterocycles. The Balaban J connectivity index is 1.43. The van der Waals surface area contributed by atoms with Gasteiger partial charge in [-0.2, -0.15) is 0 Å². The molecule has 0 amide bonds. The number of nitrogens with zero attached hydrogens (tertiary/aromatic N) is 1. The first-order valence-corrected chi connectivity index (χ1v) is 11.0. The highest BCUT2D eigenvalue weighted by Gasteiger charge is 2.14. The number of ketones is 1. The summed E-state index contributed by atoms with van der Waals surface area (Å²) < 4.78 is 6.72. The molecule has 1 heterocycles. The molecule has 2 aromatic carbocycles. The number of benzene rings is 2. The number of thioether (sulfide) groups is 1. The summed E-state index contributed by atoms with van der Waals surface area (Å²) in [6, 6.07) is 14.6. The van der Waals surface area contributed by atoms with E-state index in [0.29, 0.717) is 17.2 Å². The Morgan fingerprint density at radius 3 is 2.46 bits per heavy atom. The monoisotopic (exact) mass is 431 g/mol. The molecule has 0 atom stereocenters. The molecular formula is C22H22ClNO2S2. The van der Waals surface area contributed by atoms with Crippen molar-refractivity contribution < 1.29 is 9.53 Å². The molecule has 1 aliphatic heterocycles. The molecule has 0 unspecified atom stereocenters. The normalized spacial score (nSPS) is 13.8. The summed E-state index contributed by atoms with van der Waals surface area (Å²) in [4.78, 5) is 14.5. The molecule has 1 fully saturated rings. The van der Waals surface area contributed by atoms with Gasteiger partial charge in [0, 0.05) is 29.4 Å². The molecule has 0 saturated carbocycles. The van der Waals surface area contributed by atoms with Crippen molar-refractivity contribution in [2.45, 2.75) is 12.8 Å². The van der Waals surface area contributed by atoms with Crippen LogP contribution in [0.5, 0.6) is 5.75 Å². The molecule has 1 saturated heterocycles. The van der Waals surface area contributed by atoms with Crippen molar-refractivity contribution in [3.05, 3.63) is 70.8 Å². The van der Waals surface area contributed by atoms with Gasteiger partial charge in [-0.3, -0.25) is 4.79 Å². The van der Waals surface area contributed by atoms with Gasteiger partial charge in [0.25, 0.3) is 0 Å².